The quantitative estimate of drug-likeness (QED) is 0.141. The third kappa shape index (κ3) is 8.54. The van der Waals surface area contributed by atoms with Crippen molar-refractivity contribution in [2.45, 2.75) is 13.1 Å². The summed E-state index contributed by atoms with van der Waals surface area (Å²) in [4.78, 5) is 0. The second kappa shape index (κ2) is 15.5. The van der Waals surface area contributed by atoms with Gasteiger partial charge >= 0.3 is 26.2 Å². The summed E-state index contributed by atoms with van der Waals surface area (Å²) < 4.78 is 0. The van der Waals surface area contributed by atoms with E-state index in [1.54, 1.807) is 0 Å². The molecular weight excluding hydrogens is 613 g/mol. The monoisotopic (exact) mass is 633 g/mol. The Labute approximate surface area is 201 Å². The van der Waals surface area contributed by atoms with Crippen LogP contribution in [0.1, 0.15) is 0 Å². The molecule has 123 valence electrons. The zero-order chi connectivity index (χ0) is 14.9. The molecule has 0 bridgehead atoms. The van der Waals surface area contributed by atoms with E-state index in [2.05, 4.69) is 98.0 Å². The van der Waals surface area contributed by atoms with Crippen LogP contribution < -0.4 is 48.0 Å². The second-order valence-corrected chi connectivity index (χ2v) is 6.04. The molecule has 0 saturated carbocycles. The van der Waals surface area contributed by atoms with Crippen molar-refractivity contribution in [3.63, 3.8) is 0 Å². The van der Waals surface area contributed by atoms with Gasteiger partial charge in [-0.2, -0.15) is 35.0 Å². The standard InChI is InChI=1S/2C9H7.C2H7Si.2HI.Zr/c2*1-2-5-9-7-3-6-8(9)4-1;1-3-2;;;/h2*1-7H;3H,1-2H3;2*1H;/q2*-1;;;;+4/p-2. The summed E-state index contributed by atoms with van der Waals surface area (Å²) in [7, 11) is 0.750. The zero-order valence-corrected chi connectivity index (χ0v) is 21.8. The summed E-state index contributed by atoms with van der Waals surface area (Å²) in [6.07, 6.45) is 0. The maximum Gasteiger partial charge on any atom is 4.00 e. The fourth-order valence-corrected chi connectivity index (χ4v) is 2.14. The van der Waals surface area contributed by atoms with Crippen molar-refractivity contribution in [3.05, 3.63) is 84.9 Å². The zero-order valence-electron chi connectivity index (χ0n) is 13.9. The van der Waals surface area contributed by atoms with E-state index in [-0.39, 0.29) is 74.2 Å². The van der Waals surface area contributed by atoms with Crippen molar-refractivity contribution in [1.29, 1.82) is 0 Å². The Balaban J connectivity index is 0. The van der Waals surface area contributed by atoms with Crippen LogP contribution in [0.2, 0.25) is 13.1 Å². The maximum atomic E-state index is 2.21. The average molecular weight is 635 g/mol. The van der Waals surface area contributed by atoms with Crippen LogP contribution in [0.15, 0.2) is 84.9 Å². The van der Waals surface area contributed by atoms with E-state index in [0.29, 0.717) is 0 Å². The van der Waals surface area contributed by atoms with E-state index >= 15 is 0 Å². The van der Waals surface area contributed by atoms with Crippen LogP contribution in [0, 0.1) is 0 Å². The third-order valence-corrected chi connectivity index (χ3v) is 3.10. The minimum atomic E-state index is 0. The Hall–Kier alpha value is 0.220. The second-order valence-electron chi connectivity index (χ2n) is 4.89. The first-order valence-electron chi connectivity index (χ1n) is 7.30. The normalized spacial score (nSPS) is 8.42. The molecule has 0 heterocycles. The minimum Gasteiger partial charge on any atom is -1.00 e. The van der Waals surface area contributed by atoms with Gasteiger partial charge in [-0.15, -0.1) is 59.3 Å². The third-order valence-electron chi connectivity index (χ3n) is 3.10. The molecule has 0 unspecified atom stereocenters. The summed E-state index contributed by atoms with van der Waals surface area (Å²) in [6.45, 7) is 4.42. The Bertz CT molecular complexity index is 651. The Morgan fingerprint density at radius 1 is 0.625 bits per heavy atom. The van der Waals surface area contributed by atoms with Gasteiger partial charge < -0.3 is 48.0 Å². The van der Waals surface area contributed by atoms with Gasteiger partial charge in [0.25, 0.3) is 0 Å². The molecule has 24 heavy (non-hydrogen) atoms. The SMILES string of the molecule is C[SiH]C.[I-].[I-].[Zr+4].c1ccc2[cH-]ccc2c1.c1ccc2[cH-]ccc2c1. The molecular formula is C20H21I2SiZr. The largest absolute Gasteiger partial charge is 4.00 e. The fraction of sp³-hybridized carbons (Fsp3) is 0.100. The van der Waals surface area contributed by atoms with Crippen molar-refractivity contribution in [2.75, 3.05) is 0 Å². The van der Waals surface area contributed by atoms with E-state index in [0.717, 1.165) is 9.52 Å². The molecule has 0 saturated heterocycles. The van der Waals surface area contributed by atoms with Crippen molar-refractivity contribution in [2.24, 2.45) is 0 Å². The van der Waals surface area contributed by atoms with Gasteiger partial charge in [0, 0.05) is 9.52 Å². The van der Waals surface area contributed by atoms with Crippen molar-refractivity contribution in [3.8, 4) is 0 Å². The van der Waals surface area contributed by atoms with Crippen molar-refractivity contribution < 1.29 is 74.2 Å². The van der Waals surface area contributed by atoms with Gasteiger partial charge in [-0.1, -0.05) is 25.2 Å². The molecule has 4 aromatic carbocycles. The number of hydrogen-bond acceptors (Lipinski definition) is 0. The number of benzene rings is 2. The smallest absolute Gasteiger partial charge is 1.00 e. The van der Waals surface area contributed by atoms with E-state index in [1.165, 1.54) is 21.5 Å². The van der Waals surface area contributed by atoms with Crippen LogP contribution in [-0.2, 0) is 26.2 Å². The molecule has 0 aliphatic carbocycles. The summed E-state index contributed by atoms with van der Waals surface area (Å²) in [5.41, 5.74) is 0. The van der Waals surface area contributed by atoms with Gasteiger partial charge in [0.15, 0.2) is 0 Å². The Kier molecular flexibility index (Phi) is 17.1. The predicted molar refractivity (Wildman–Crippen MR) is 98.0 cm³/mol. The van der Waals surface area contributed by atoms with Gasteiger partial charge in [-0.25, -0.2) is 0 Å². The molecule has 0 amide bonds. The first-order valence-corrected chi connectivity index (χ1v) is 9.61. The van der Waals surface area contributed by atoms with E-state index < -0.39 is 0 Å². The van der Waals surface area contributed by atoms with Crippen LogP contribution >= 0.6 is 0 Å². The minimum absolute atomic E-state index is 0. The molecule has 0 spiro atoms. The van der Waals surface area contributed by atoms with Gasteiger partial charge in [0.2, 0.25) is 0 Å². The van der Waals surface area contributed by atoms with Crippen molar-refractivity contribution in [1.82, 2.24) is 0 Å². The molecule has 0 atom stereocenters. The molecule has 4 aromatic rings. The van der Waals surface area contributed by atoms with Gasteiger partial charge in [-0.05, 0) is 0 Å². The van der Waals surface area contributed by atoms with Gasteiger partial charge in [-0.3, -0.25) is 0 Å². The molecule has 1 radical (unpaired) electrons. The molecule has 4 heteroatoms. The molecule has 0 N–H and O–H groups in total. The average Bonchev–Trinajstić information content (AvgIpc) is 3.17. The summed E-state index contributed by atoms with van der Waals surface area (Å²) >= 11 is 0. The van der Waals surface area contributed by atoms with E-state index in [9.17, 15) is 0 Å². The van der Waals surface area contributed by atoms with Crippen LogP contribution in [0.5, 0.6) is 0 Å². The summed E-state index contributed by atoms with van der Waals surface area (Å²) in [5, 5.41) is 5.32. The first-order chi connectivity index (χ1) is 10.3. The summed E-state index contributed by atoms with van der Waals surface area (Å²) in [6, 6.07) is 29.3. The van der Waals surface area contributed by atoms with E-state index in [4.69, 9.17) is 0 Å². The van der Waals surface area contributed by atoms with Crippen LogP contribution in [0.25, 0.3) is 21.5 Å². The molecule has 4 rings (SSSR count). The maximum absolute atomic E-state index is 2.21. The fourth-order valence-electron chi connectivity index (χ4n) is 2.14. The van der Waals surface area contributed by atoms with Crippen LogP contribution in [0.3, 0.4) is 0 Å². The Morgan fingerprint density at radius 3 is 1.29 bits per heavy atom. The van der Waals surface area contributed by atoms with Crippen LogP contribution in [-0.4, -0.2) is 9.52 Å². The molecule has 0 aliphatic heterocycles. The Morgan fingerprint density at radius 2 is 0.958 bits per heavy atom. The topological polar surface area (TPSA) is 0 Å². The molecule has 0 nitrogen and oxygen atoms in total. The van der Waals surface area contributed by atoms with Crippen LogP contribution in [0.4, 0.5) is 0 Å². The predicted octanol–water partition coefficient (Wildman–Crippen LogP) is -0.358. The first kappa shape index (κ1) is 26.4. The summed E-state index contributed by atoms with van der Waals surface area (Å²) in [5.74, 6) is 0. The molecule has 0 aromatic heterocycles. The van der Waals surface area contributed by atoms with Gasteiger partial charge in [0.1, 0.15) is 0 Å². The number of halogens is 2. The number of fused-ring (bicyclic) bond motifs is 2. The number of hydrogen-bond donors (Lipinski definition) is 0. The molecule has 0 aliphatic rings. The number of rotatable bonds is 0. The van der Waals surface area contributed by atoms with Gasteiger partial charge in [0.05, 0.1) is 0 Å². The molecule has 0 fully saturated rings. The van der Waals surface area contributed by atoms with E-state index in [1.807, 2.05) is 0 Å². The van der Waals surface area contributed by atoms with Crippen molar-refractivity contribution >= 4 is 31.1 Å².